The summed E-state index contributed by atoms with van der Waals surface area (Å²) in [6, 6.07) is 0. The molecular formula is C11H15LiN4O2. The van der Waals surface area contributed by atoms with E-state index >= 15 is 0 Å². The van der Waals surface area contributed by atoms with E-state index in [1.54, 1.807) is 12.4 Å². The molecule has 6 nitrogen and oxygen atoms in total. The van der Waals surface area contributed by atoms with Gasteiger partial charge in [-0.3, -0.25) is 4.90 Å². The average Bonchev–Trinajstić information content (AvgIpc) is 2.33. The smallest absolute Gasteiger partial charge is 0.550 e. The van der Waals surface area contributed by atoms with Gasteiger partial charge in [0.1, 0.15) is 0 Å². The molecule has 18 heavy (non-hydrogen) atoms. The number of aromatic nitrogens is 2. The Morgan fingerprint density at radius 2 is 1.94 bits per heavy atom. The second kappa shape index (κ2) is 6.74. The summed E-state index contributed by atoms with van der Waals surface area (Å²) in [6.45, 7) is 2.27. The molecule has 1 aromatic heterocycles. The fourth-order valence-electron chi connectivity index (χ4n) is 2.03. The van der Waals surface area contributed by atoms with Gasteiger partial charge in [-0.05, 0) is 25.9 Å². The van der Waals surface area contributed by atoms with Crippen LogP contribution in [0.25, 0.3) is 0 Å². The second-order valence-corrected chi connectivity index (χ2v) is 4.32. The molecule has 0 spiro atoms. The van der Waals surface area contributed by atoms with Crippen LogP contribution in [0.3, 0.4) is 0 Å². The molecule has 92 valence electrons. The van der Waals surface area contributed by atoms with Gasteiger partial charge in [0.15, 0.2) is 0 Å². The molecule has 1 aromatic rings. The first kappa shape index (κ1) is 15.0. The van der Waals surface area contributed by atoms with Crippen LogP contribution in [0.5, 0.6) is 0 Å². The number of nitrogens with two attached hydrogens (primary N) is 1. The van der Waals surface area contributed by atoms with Crippen LogP contribution in [0.4, 0.5) is 5.95 Å². The minimum Gasteiger partial charge on any atom is -0.550 e. The topological polar surface area (TPSA) is 95.2 Å². The van der Waals surface area contributed by atoms with Crippen LogP contribution in [-0.4, -0.2) is 33.9 Å². The monoisotopic (exact) mass is 242 g/mol. The average molecular weight is 242 g/mol. The van der Waals surface area contributed by atoms with Gasteiger partial charge in [0.05, 0.1) is 0 Å². The largest absolute Gasteiger partial charge is 1.00 e. The minimum absolute atomic E-state index is 0. The first-order valence-corrected chi connectivity index (χ1v) is 5.65. The molecule has 1 saturated heterocycles. The van der Waals surface area contributed by atoms with E-state index < -0.39 is 5.97 Å². The van der Waals surface area contributed by atoms with E-state index in [2.05, 4.69) is 14.9 Å². The van der Waals surface area contributed by atoms with Gasteiger partial charge in [-0.2, -0.15) is 0 Å². The SMILES string of the molecule is Nc1ncc(CN2CCC(C(=O)[O-])CC2)cn1.[Li+]. The standard InChI is InChI=1S/C11H16N4O2.Li/c12-11-13-5-8(6-14-11)7-15-3-1-9(2-4-15)10(16)17;/h5-6,9H,1-4,7H2,(H,16,17)(H2,12,13,14);/q;+1/p-1. The van der Waals surface area contributed by atoms with Crippen molar-refractivity contribution >= 4 is 11.9 Å². The number of piperidine rings is 1. The van der Waals surface area contributed by atoms with Crippen LogP contribution in [0.2, 0.25) is 0 Å². The maximum Gasteiger partial charge on any atom is 1.00 e. The Morgan fingerprint density at radius 1 is 1.39 bits per heavy atom. The minimum atomic E-state index is -0.930. The Balaban J connectivity index is 0.00000162. The van der Waals surface area contributed by atoms with E-state index in [9.17, 15) is 9.90 Å². The fourth-order valence-corrected chi connectivity index (χ4v) is 2.03. The third kappa shape index (κ3) is 3.98. The van der Waals surface area contributed by atoms with Crippen LogP contribution in [0.15, 0.2) is 12.4 Å². The number of hydrogen-bond acceptors (Lipinski definition) is 6. The number of likely N-dealkylation sites (tertiary alicyclic amines) is 1. The maximum absolute atomic E-state index is 10.7. The van der Waals surface area contributed by atoms with Crippen molar-refractivity contribution in [2.24, 2.45) is 5.92 Å². The zero-order chi connectivity index (χ0) is 12.3. The number of carbonyl (C=O) groups is 1. The summed E-state index contributed by atoms with van der Waals surface area (Å²) in [5.41, 5.74) is 6.40. The number of nitrogen functional groups attached to an aromatic ring is 1. The number of hydrogen-bond donors (Lipinski definition) is 1. The van der Waals surface area contributed by atoms with Gasteiger partial charge in [-0.25, -0.2) is 9.97 Å². The van der Waals surface area contributed by atoms with Crippen molar-refractivity contribution in [1.82, 2.24) is 14.9 Å². The molecule has 1 aliphatic rings. The molecule has 0 radical (unpaired) electrons. The number of anilines is 1. The van der Waals surface area contributed by atoms with Gasteiger partial charge < -0.3 is 15.6 Å². The maximum atomic E-state index is 10.7. The van der Waals surface area contributed by atoms with Crippen LogP contribution >= 0.6 is 0 Å². The molecule has 2 rings (SSSR count). The van der Waals surface area contributed by atoms with E-state index in [1.807, 2.05) is 0 Å². The summed E-state index contributed by atoms with van der Waals surface area (Å²) in [5, 5.41) is 10.7. The van der Waals surface area contributed by atoms with E-state index in [4.69, 9.17) is 5.73 Å². The van der Waals surface area contributed by atoms with Gasteiger partial charge in [0.2, 0.25) is 5.95 Å². The molecule has 0 aliphatic carbocycles. The molecular weight excluding hydrogens is 227 g/mol. The quantitative estimate of drug-likeness (QED) is 0.543. The molecule has 0 atom stereocenters. The van der Waals surface area contributed by atoms with Crippen molar-refractivity contribution in [2.75, 3.05) is 18.8 Å². The molecule has 0 aromatic carbocycles. The van der Waals surface area contributed by atoms with Gasteiger partial charge >= 0.3 is 18.9 Å². The molecule has 0 bridgehead atoms. The zero-order valence-electron chi connectivity index (χ0n) is 10.5. The summed E-state index contributed by atoms with van der Waals surface area (Å²) in [6.07, 6.45) is 4.71. The summed E-state index contributed by atoms with van der Waals surface area (Å²) in [4.78, 5) is 20.7. The van der Waals surface area contributed by atoms with Crippen molar-refractivity contribution in [3.05, 3.63) is 18.0 Å². The molecule has 1 aliphatic heterocycles. The summed E-state index contributed by atoms with van der Waals surface area (Å²) in [5.74, 6) is -0.959. The first-order chi connectivity index (χ1) is 8.15. The van der Waals surface area contributed by atoms with Crippen LogP contribution in [0, 0.1) is 5.92 Å². The van der Waals surface area contributed by atoms with Crippen molar-refractivity contribution < 1.29 is 28.8 Å². The van der Waals surface area contributed by atoms with Crippen LogP contribution in [-0.2, 0) is 11.3 Å². The van der Waals surface area contributed by atoms with Crippen LogP contribution < -0.4 is 29.7 Å². The molecule has 7 heteroatoms. The van der Waals surface area contributed by atoms with Crippen molar-refractivity contribution in [1.29, 1.82) is 0 Å². The third-order valence-corrected chi connectivity index (χ3v) is 3.05. The predicted molar refractivity (Wildman–Crippen MR) is 59.5 cm³/mol. The van der Waals surface area contributed by atoms with E-state index in [-0.39, 0.29) is 30.7 Å². The summed E-state index contributed by atoms with van der Waals surface area (Å²) in [7, 11) is 0. The van der Waals surface area contributed by atoms with Gasteiger partial charge in [0.25, 0.3) is 0 Å². The Kier molecular flexibility index (Phi) is 5.60. The van der Waals surface area contributed by atoms with E-state index in [0.717, 1.165) is 25.2 Å². The third-order valence-electron chi connectivity index (χ3n) is 3.05. The van der Waals surface area contributed by atoms with E-state index in [1.165, 1.54) is 0 Å². The number of aliphatic carboxylic acids is 1. The van der Waals surface area contributed by atoms with Crippen LogP contribution in [0.1, 0.15) is 18.4 Å². The van der Waals surface area contributed by atoms with Gasteiger partial charge in [0, 0.05) is 36.4 Å². The Bertz CT molecular complexity index is 391. The Hall–Kier alpha value is -1.09. The first-order valence-electron chi connectivity index (χ1n) is 5.65. The normalized spacial score (nSPS) is 17.1. The number of carboxylic acid groups (broad SMARTS) is 1. The predicted octanol–water partition coefficient (Wildman–Crippen LogP) is -3.98. The summed E-state index contributed by atoms with van der Waals surface area (Å²) >= 11 is 0. The summed E-state index contributed by atoms with van der Waals surface area (Å²) < 4.78 is 0. The zero-order valence-corrected chi connectivity index (χ0v) is 10.5. The Labute approximate surface area is 118 Å². The molecule has 2 heterocycles. The van der Waals surface area contributed by atoms with Crippen molar-refractivity contribution in [3.63, 3.8) is 0 Å². The van der Waals surface area contributed by atoms with Gasteiger partial charge in [-0.15, -0.1) is 0 Å². The molecule has 2 N–H and O–H groups in total. The van der Waals surface area contributed by atoms with Gasteiger partial charge in [-0.1, -0.05) is 0 Å². The fraction of sp³-hybridized carbons (Fsp3) is 0.545. The number of carbonyl (C=O) groups excluding carboxylic acids is 1. The Morgan fingerprint density at radius 3 is 2.44 bits per heavy atom. The second-order valence-electron chi connectivity index (χ2n) is 4.32. The molecule has 0 saturated carbocycles. The number of rotatable bonds is 3. The number of nitrogens with zero attached hydrogens (tertiary/aromatic N) is 3. The van der Waals surface area contributed by atoms with Crippen molar-refractivity contribution in [2.45, 2.75) is 19.4 Å². The molecule has 0 unspecified atom stereocenters. The molecule has 1 fully saturated rings. The molecule has 0 amide bonds. The number of carboxylic acids is 1. The van der Waals surface area contributed by atoms with E-state index in [0.29, 0.717) is 12.8 Å². The van der Waals surface area contributed by atoms with Crippen molar-refractivity contribution in [3.8, 4) is 0 Å².